The Hall–Kier alpha value is 1.02. The summed E-state index contributed by atoms with van der Waals surface area (Å²) in [6.07, 6.45) is 5.58. The minimum atomic E-state index is -0.490. The van der Waals surface area contributed by atoms with Gasteiger partial charge in [-0.25, -0.2) is 0 Å². The maximum atomic E-state index is 6.17. The van der Waals surface area contributed by atoms with E-state index in [0.717, 1.165) is 0 Å². The molecule has 0 radical (unpaired) electrons. The van der Waals surface area contributed by atoms with Gasteiger partial charge in [-0.15, -0.1) is 29.8 Å². The highest BCUT2D eigenvalue weighted by Crippen LogP contribution is 2.29. The van der Waals surface area contributed by atoms with E-state index in [2.05, 4.69) is 38.4 Å². The lowest BCUT2D eigenvalue weighted by Crippen LogP contribution is -2.25. The van der Waals surface area contributed by atoms with Crippen molar-refractivity contribution in [3.05, 3.63) is 24.8 Å². The van der Waals surface area contributed by atoms with Crippen LogP contribution in [0.5, 0.6) is 0 Å². The maximum absolute atomic E-state index is 6.17. The molecular formula is C10H14Br2Cl2. The van der Waals surface area contributed by atoms with Crippen LogP contribution in [0.1, 0.15) is 13.8 Å². The van der Waals surface area contributed by atoms with E-state index < -0.39 is 4.87 Å². The van der Waals surface area contributed by atoms with Crippen molar-refractivity contribution in [2.45, 2.75) is 28.4 Å². The lowest BCUT2D eigenvalue weighted by atomic mass is 10.1. The highest BCUT2D eigenvalue weighted by Gasteiger charge is 2.25. The van der Waals surface area contributed by atoms with Crippen LogP contribution in [0.15, 0.2) is 24.8 Å². The van der Waals surface area contributed by atoms with Gasteiger partial charge >= 0.3 is 0 Å². The van der Waals surface area contributed by atoms with Gasteiger partial charge in [0.25, 0.3) is 0 Å². The Labute approximate surface area is 113 Å². The highest BCUT2D eigenvalue weighted by molar-refractivity contribution is 9.09. The monoisotopic (exact) mass is 362 g/mol. The number of alkyl halides is 4. The molecule has 0 aliphatic heterocycles. The fourth-order valence-corrected chi connectivity index (χ4v) is 1.30. The number of rotatable bonds is 5. The molecule has 0 amide bonds. The minimum absolute atomic E-state index is 0.0197. The van der Waals surface area contributed by atoms with E-state index in [1.165, 1.54) is 0 Å². The highest BCUT2D eigenvalue weighted by atomic mass is 79.9. The van der Waals surface area contributed by atoms with Gasteiger partial charge < -0.3 is 0 Å². The first-order chi connectivity index (χ1) is 6.25. The quantitative estimate of drug-likeness (QED) is 0.481. The summed E-state index contributed by atoms with van der Waals surface area (Å²) < 4.78 is 0. The first kappa shape index (κ1) is 15.0. The Kier molecular flexibility index (Phi) is 6.36. The van der Waals surface area contributed by atoms with Crippen molar-refractivity contribution < 1.29 is 0 Å². The molecule has 4 heteroatoms. The van der Waals surface area contributed by atoms with Gasteiger partial charge in [0.2, 0.25) is 0 Å². The molecule has 0 rings (SSSR count). The Bertz CT molecular complexity index is 222. The summed E-state index contributed by atoms with van der Waals surface area (Å²) in [5, 5.41) is 0.699. The van der Waals surface area contributed by atoms with Crippen molar-refractivity contribution in [1.29, 1.82) is 0 Å². The summed E-state index contributed by atoms with van der Waals surface area (Å²) in [5.74, 6) is 0. The number of hydrogen-bond donors (Lipinski definition) is 0. The SMILES string of the molecule is C=C[C@@](C)(Cl)[C@@H](Br)/C=C/[C@@](C)(Cl)CBr. The van der Waals surface area contributed by atoms with Crippen molar-refractivity contribution in [2.24, 2.45) is 0 Å². The van der Waals surface area contributed by atoms with E-state index in [1.807, 2.05) is 26.0 Å². The lowest BCUT2D eigenvalue weighted by Gasteiger charge is -2.22. The molecule has 82 valence electrons. The van der Waals surface area contributed by atoms with Crippen LogP contribution in [-0.4, -0.2) is 19.9 Å². The zero-order chi connectivity index (χ0) is 11.4. The molecule has 0 aromatic carbocycles. The summed E-state index contributed by atoms with van der Waals surface area (Å²) in [6.45, 7) is 7.50. The maximum Gasteiger partial charge on any atom is 0.0754 e. The minimum Gasteiger partial charge on any atom is -0.114 e. The molecule has 0 nitrogen and oxygen atoms in total. The predicted molar refractivity (Wildman–Crippen MR) is 74.4 cm³/mol. The summed E-state index contributed by atoms with van der Waals surface area (Å²) in [5.41, 5.74) is 0. The van der Waals surface area contributed by atoms with Gasteiger partial charge in [0, 0.05) is 5.33 Å². The van der Waals surface area contributed by atoms with Crippen LogP contribution in [0.3, 0.4) is 0 Å². The molecule has 3 atom stereocenters. The second-order valence-electron chi connectivity index (χ2n) is 3.53. The second-order valence-corrected chi connectivity index (χ2v) is 6.75. The van der Waals surface area contributed by atoms with Crippen molar-refractivity contribution in [1.82, 2.24) is 0 Å². The molecule has 0 aromatic rings. The number of allylic oxidation sites excluding steroid dienone is 3. The molecule has 0 heterocycles. The van der Waals surface area contributed by atoms with E-state index in [1.54, 1.807) is 6.08 Å². The van der Waals surface area contributed by atoms with Crippen LogP contribution in [0.4, 0.5) is 0 Å². The fourth-order valence-electron chi connectivity index (χ4n) is 0.630. The van der Waals surface area contributed by atoms with Gasteiger partial charge in [-0.05, 0) is 13.8 Å². The lowest BCUT2D eigenvalue weighted by molar-refractivity contribution is 0.807. The molecule has 0 spiro atoms. The topological polar surface area (TPSA) is 0 Å². The fraction of sp³-hybridized carbons (Fsp3) is 0.600. The Morgan fingerprint density at radius 1 is 1.43 bits per heavy atom. The van der Waals surface area contributed by atoms with E-state index >= 15 is 0 Å². The van der Waals surface area contributed by atoms with Crippen molar-refractivity contribution >= 4 is 55.1 Å². The van der Waals surface area contributed by atoms with Gasteiger partial charge in [0.05, 0.1) is 14.6 Å². The molecule has 0 aliphatic rings. The molecule has 0 N–H and O–H groups in total. The standard InChI is InChI=1S/C10H14Br2Cl2/c1-4-10(3,14)8(12)5-6-9(2,13)7-11/h4-6,8H,1,7H2,2-3H3/b6-5+/t8-,9+,10+/m0/s1. The molecule has 0 unspecified atom stereocenters. The van der Waals surface area contributed by atoms with Gasteiger partial charge in [-0.3, -0.25) is 0 Å². The van der Waals surface area contributed by atoms with E-state index in [4.69, 9.17) is 23.2 Å². The summed E-state index contributed by atoms with van der Waals surface area (Å²) in [7, 11) is 0. The third-order valence-electron chi connectivity index (χ3n) is 1.81. The number of halogens is 4. The molecule has 14 heavy (non-hydrogen) atoms. The first-order valence-electron chi connectivity index (χ1n) is 4.16. The molecular weight excluding hydrogens is 351 g/mol. The van der Waals surface area contributed by atoms with Crippen molar-refractivity contribution in [2.75, 3.05) is 5.33 Å². The van der Waals surface area contributed by atoms with E-state index in [0.29, 0.717) is 5.33 Å². The summed E-state index contributed by atoms with van der Waals surface area (Å²) >= 11 is 19.1. The smallest absolute Gasteiger partial charge is 0.0754 e. The third-order valence-corrected chi connectivity index (χ3v) is 5.47. The molecule has 0 bridgehead atoms. The van der Waals surface area contributed by atoms with Gasteiger partial charge in [-0.2, -0.15) is 0 Å². The van der Waals surface area contributed by atoms with Crippen LogP contribution in [0.2, 0.25) is 0 Å². The molecule has 0 saturated carbocycles. The Balaban J connectivity index is 4.46. The van der Waals surface area contributed by atoms with Crippen LogP contribution in [-0.2, 0) is 0 Å². The van der Waals surface area contributed by atoms with Gasteiger partial charge in [0.1, 0.15) is 0 Å². The summed E-state index contributed by atoms with van der Waals surface area (Å²) in [4.78, 5) is -0.845. The average molecular weight is 365 g/mol. The van der Waals surface area contributed by atoms with Crippen LogP contribution >= 0.6 is 55.1 Å². The van der Waals surface area contributed by atoms with E-state index in [-0.39, 0.29) is 9.70 Å². The van der Waals surface area contributed by atoms with Gasteiger partial charge in [-0.1, -0.05) is 50.1 Å². The van der Waals surface area contributed by atoms with Crippen LogP contribution < -0.4 is 0 Å². The molecule has 0 fully saturated rings. The van der Waals surface area contributed by atoms with Gasteiger partial charge in [0.15, 0.2) is 0 Å². The first-order valence-corrected chi connectivity index (χ1v) is 6.95. The Morgan fingerprint density at radius 2 is 1.93 bits per heavy atom. The molecule has 0 saturated heterocycles. The predicted octanol–water partition coefficient (Wildman–Crippen LogP) is 4.88. The largest absolute Gasteiger partial charge is 0.114 e. The second kappa shape index (κ2) is 5.93. The summed E-state index contributed by atoms with van der Waals surface area (Å²) in [6, 6.07) is 0. The Morgan fingerprint density at radius 3 is 2.29 bits per heavy atom. The van der Waals surface area contributed by atoms with Crippen molar-refractivity contribution in [3.8, 4) is 0 Å². The number of hydrogen-bond acceptors (Lipinski definition) is 0. The average Bonchev–Trinajstić information content (AvgIpc) is 2.14. The molecule has 0 aliphatic carbocycles. The zero-order valence-electron chi connectivity index (χ0n) is 8.24. The van der Waals surface area contributed by atoms with Crippen molar-refractivity contribution in [3.63, 3.8) is 0 Å². The zero-order valence-corrected chi connectivity index (χ0v) is 12.9. The molecule has 0 aromatic heterocycles. The normalized spacial score (nSPS) is 22.7. The third kappa shape index (κ3) is 5.20. The van der Waals surface area contributed by atoms with E-state index in [9.17, 15) is 0 Å². The van der Waals surface area contributed by atoms with Crippen LogP contribution in [0, 0.1) is 0 Å². The van der Waals surface area contributed by atoms with Crippen LogP contribution in [0.25, 0.3) is 0 Å².